The van der Waals surface area contributed by atoms with E-state index < -0.39 is 0 Å². The minimum absolute atomic E-state index is 0.154. The number of guanidine groups is 1. The lowest BCUT2D eigenvalue weighted by molar-refractivity contribution is 0.355. The van der Waals surface area contributed by atoms with Crippen LogP contribution in [0.15, 0.2) is 40.1 Å². The van der Waals surface area contributed by atoms with E-state index in [1.807, 2.05) is 18.3 Å². The fraction of sp³-hybridized carbons (Fsp3) is 0.368. The van der Waals surface area contributed by atoms with Crippen LogP contribution in [0.2, 0.25) is 0 Å². The summed E-state index contributed by atoms with van der Waals surface area (Å²) >= 11 is 0. The number of nitrogens with one attached hydrogen (secondary N) is 2. The van der Waals surface area contributed by atoms with Crippen LogP contribution in [-0.2, 0) is 6.54 Å². The Morgan fingerprint density at radius 2 is 2.00 bits per heavy atom. The molecule has 2 aromatic rings. The van der Waals surface area contributed by atoms with Crippen LogP contribution in [0.4, 0.5) is 0 Å². The topological polar surface area (TPSA) is 114 Å². The molecule has 2 rings (SSSR count). The van der Waals surface area contributed by atoms with Gasteiger partial charge in [-0.2, -0.15) is 10.4 Å². The maximum absolute atomic E-state index is 12.1. The Hall–Kier alpha value is -3.54. The molecule has 0 spiro atoms. The number of unbranched alkanes of at least 4 members (excludes halogenated alkanes) is 1. The first kappa shape index (κ1) is 20.8. The number of aliphatic imine (C=N–C) groups is 1. The Labute approximate surface area is 163 Å². The molecular formula is C19H24N6O3. The molecule has 0 atom stereocenters. The minimum atomic E-state index is -0.154. The van der Waals surface area contributed by atoms with Gasteiger partial charge in [-0.3, -0.25) is 15.1 Å². The van der Waals surface area contributed by atoms with Gasteiger partial charge in [-0.1, -0.05) is 0 Å². The van der Waals surface area contributed by atoms with Gasteiger partial charge < -0.3 is 14.8 Å². The SMILES string of the molecule is CN=C(NC#N)NCCCCn1nc(-c2ccc(OC)c(OC)c2)ccc1=O. The molecule has 28 heavy (non-hydrogen) atoms. The Balaban J connectivity index is 2.02. The first-order valence-corrected chi connectivity index (χ1v) is 8.79. The fourth-order valence-corrected chi connectivity index (χ4v) is 2.58. The molecule has 9 nitrogen and oxygen atoms in total. The smallest absolute Gasteiger partial charge is 0.266 e. The van der Waals surface area contributed by atoms with Crippen molar-refractivity contribution in [1.29, 1.82) is 5.26 Å². The average Bonchev–Trinajstić information content (AvgIpc) is 2.73. The molecule has 1 aromatic carbocycles. The zero-order chi connectivity index (χ0) is 20.4. The molecule has 0 aliphatic rings. The number of nitrogens with zero attached hydrogens (tertiary/aromatic N) is 4. The number of benzene rings is 1. The molecule has 0 aliphatic carbocycles. The van der Waals surface area contributed by atoms with Crippen LogP contribution in [0.25, 0.3) is 11.3 Å². The maximum atomic E-state index is 12.1. The largest absolute Gasteiger partial charge is 0.493 e. The van der Waals surface area contributed by atoms with Crippen LogP contribution in [0.1, 0.15) is 12.8 Å². The second-order valence-electron chi connectivity index (χ2n) is 5.79. The highest BCUT2D eigenvalue weighted by Crippen LogP contribution is 2.31. The summed E-state index contributed by atoms with van der Waals surface area (Å²) in [5.41, 5.74) is 1.36. The van der Waals surface area contributed by atoms with Crippen molar-refractivity contribution in [3.8, 4) is 28.9 Å². The van der Waals surface area contributed by atoms with Crippen LogP contribution < -0.4 is 25.7 Å². The second-order valence-corrected chi connectivity index (χ2v) is 5.79. The highest BCUT2D eigenvalue weighted by atomic mass is 16.5. The molecule has 0 saturated heterocycles. The van der Waals surface area contributed by atoms with Gasteiger partial charge in [-0.05, 0) is 37.1 Å². The summed E-state index contributed by atoms with van der Waals surface area (Å²) in [4.78, 5) is 16.0. The molecule has 9 heteroatoms. The van der Waals surface area contributed by atoms with Gasteiger partial charge in [-0.15, -0.1) is 0 Å². The van der Waals surface area contributed by atoms with E-state index in [1.165, 1.54) is 10.7 Å². The predicted octanol–water partition coefficient (Wildman–Crippen LogP) is 1.35. The second kappa shape index (κ2) is 10.6. The highest BCUT2D eigenvalue weighted by molar-refractivity contribution is 5.80. The van der Waals surface area contributed by atoms with Gasteiger partial charge in [0, 0.05) is 31.8 Å². The molecule has 0 fully saturated rings. The lowest BCUT2D eigenvalue weighted by Crippen LogP contribution is -2.35. The highest BCUT2D eigenvalue weighted by Gasteiger charge is 2.09. The third kappa shape index (κ3) is 5.48. The van der Waals surface area contributed by atoms with Crippen molar-refractivity contribution in [2.24, 2.45) is 4.99 Å². The first-order valence-electron chi connectivity index (χ1n) is 8.79. The van der Waals surface area contributed by atoms with Gasteiger partial charge in [0.2, 0.25) is 5.96 Å². The van der Waals surface area contributed by atoms with E-state index in [-0.39, 0.29) is 5.56 Å². The molecule has 148 valence electrons. The van der Waals surface area contributed by atoms with Crippen molar-refractivity contribution in [2.45, 2.75) is 19.4 Å². The van der Waals surface area contributed by atoms with Crippen molar-refractivity contribution in [3.05, 3.63) is 40.7 Å². The Morgan fingerprint density at radius 1 is 1.21 bits per heavy atom. The Bertz CT molecular complexity index is 917. The van der Waals surface area contributed by atoms with Crippen molar-refractivity contribution in [3.63, 3.8) is 0 Å². The summed E-state index contributed by atoms with van der Waals surface area (Å²) < 4.78 is 12.0. The Morgan fingerprint density at radius 3 is 2.68 bits per heavy atom. The number of aromatic nitrogens is 2. The van der Waals surface area contributed by atoms with Gasteiger partial charge in [0.25, 0.3) is 5.56 Å². The first-order chi connectivity index (χ1) is 13.6. The van der Waals surface area contributed by atoms with Crippen molar-refractivity contribution in [1.82, 2.24) is 20.4 Å². The van der Waals surface area contributed by atoms with Crippen molar-refractivity contribution >= 4 is 5.96 Å². The predicted molar refractivity (Wildman–Crippen MR) is 106 cm³/mol. The van der Waals surface area contributed by atoms with Gasteiger partial charge in [0.1, 0.15) is 0 Å². The zero-order valence-corrected chi connectivity index (χ0v) is 16.2. The summed E-state index contributed by atoms with van der Waals surface area (Å²) in [5.74, 6) is 1.66. The van der Waals surface area contributed by atoms with Crippen LogP contribution in [0, 0.1) is 11.5 Å². The number of nitriles is 1. The molecule has 0 aliphatic heterocycles. The van der Waals surface area contributed by atoms with Gasteiger partial charge in [0.15, 0.2) is 17.7 Å². The van der Waals surface area contributed by atoms with Gasteiger partial charge in [-0.25, -0.2) is 4.68 Å². The monoisotopic (exact) mass is 384 g/mol. The van der Waals surface area contributed by atoms with E-state index in [2.05, 4.69) is 20.7 Å². The molecule has 0 bridgehead atoms. The number of rotatable bonds is 8. The lowest BCUT2D eigenvalue weighted by atomic mass is 10.1. The normalized spacial score (nSPS) is 10.9. The van der Waals surface area contributed by atoms with E-state index in [1.54, 1.807) is 33.4 Å². The minimum Gasteiger partial charge on any atom is -0.493 e. The molecule has 0 amide bonds. The van der Waals surface area contributed by atoms with Crippen LogP contribution in [-0.4, -0.2) is 43.6 Å². The molecule has 0 unspecified atom stereocenters. The Kier molecular flexibility index (Phi) is 7.84. The maximum Gasteiger partial charge on any atom is 0.266 e. The number of ether oxygens (including phenoxy) is 2. The van der Waals surface area contributed by atoms with Crippen LogP contribution in [0.3, 0.4) is 0 Å². The van der Waals surface area contributed by atoms with E-state index in [0.29, 0.717) is 36.2 Å². The molecule has 1 aromatic heterocycles. The van der Waals surface area contributed by atoms with E-state index in [9.17, 15) is 4.79 Å². The fourth-order valence-electron chi connectivity index (χ4n) is 2.58. The average molecular weight is 384 g/mol. The number of hydrogen-bond donors (Lipinski definition) is 2. The van der Waals surface area contributed by atoms with E-state index in [4.69, 9.17) is 14.7 Å². The summed E-state index contributed by atoms with van der Waals surface area (Å²) in [6, 6.07) is 8.71. The van der Waals surface area contributed by atoms with Gasteiger partial charge >= 0.3 is 0 Å². The number of aryl methyl sites for hydroxylation is 1. The molecular weight excluding hydrogens is 360 g/mol. The third-order valence-electron chi connectivity index (χ3n) is 4.03. The van der Waals surface area contributed by atoms with Crippen LogP contribution in [0.5, 0.6) is 11.5 Å². The number of hydrogen-bond acceptors (Lipinski definition) is 6. The van der Waals surface area contributed by atoms with E-state index >= 15 is 0 Å². The molecule has 0 saturated carbocycles. The van der Waals surface area contributed by atoms with Crippen molar-refractivity contribution < 1.29 is 9.47 Å². The van der Waals surface area contributed by atoms with E-state index in [0.717, 1.165) is 18.4 Å². The molecule has 1 heterocycles. The summed E-state index contributed by atoms with van der Waals surface area (Å²) in [6.07, 6.45) is 3.36. The summed E-state index contributed by atoms with van der Waals surface area (Å²) in [6.45, 7) is 1.12. The molecule has 0 radical (unpaired) electrons. The lowest BCUT2D eigenvalue weighted by Gasteiger charge is -2.11. The third-order valence-corrected chi connectivity index (χ3v) is 4.03. The zero-order valence-electron chi connectivity index (χ0n) is 16.2. The van der Waals surface area contributed by atoms with Crippen molar-refractivity contribution in [2.75, 3.05) is 27.8 Å². The number of methoxy groups -OCH3 is 2. The van der Waals surface area contributed by atoms with Gasteiger partial charge in [0.05, 0.1) is 19.9 Å². The standard InChI is InChI=1S/C19H24N6O3/c1-21-19(23-13-20)22-10-4-5-11-25-18(26)9-7-15(24-25)14-6-8-16(27-2)17(12-14)28-3/h6-9,12H,4-5,10-11H2,1-3H3,(H2,21,22,23). The quantitative estimate of drug-likeness (QED) is 0.232. The summed E-state index contributed by atoms with van der Waals surface area (Å²) in [5, 5.41) is 18.5. The summed E-state index contributed by atoms with van der Waals surface area (Å²) in [7, 11) is 4.75. The molecule has 2 N–H and O–H groups in total. The van der Waals surface area contributed by atoms with Crippen LogP contribution >= 0.6 is 0 Å².